The van der Waals surface area contributed by atoms with Crippen LogP contribution in [0.1, 0.15) is 58.3 Å². The smallest absolute Gasteiger partial charge is 0.188 e. The first kappa shape index (κ1) is 18.1. The van der Waals surface area contributed by atoms with Crippen molar-refractivity contribution >= 4 is 0 Å². The molecule has 0 N–H and O–H groups in total. The molecule has 0 bridgehead atoms. The second-order valence-electron chi connectivity index (χ2n) is 10.0. The zero-order valence-corrected chi connectivity index (χ0v) is 17.2. The highest BCUT2D eigenvalue weighted by Gasteiger charge is 2.67. The quantitative estimate of drug-likeness (QED) is 0.617. The summed E-state index contributed by atoms with van der Waals surface area (Å²) in [7, 11) is 0. The van der Waals surface area contributed by atoms with E-state index in [9.17, 15) is 0 Å². The Kier molecular flexibility index (Phi) is 3.99. The molecule has 4 heteroatoms. The van der Waals surface area contributed by atoms with Crippen molar-refractivity contribution in [3.05, 3.63) is 23.8 Å². The first-order chi connectivity index (χ1) is 13.6. The molecule has 4 nitrogen and oxygen atoms in total. The van der Waals surface area contributed by atoms with E-state index in [0.29, 0.717) is 17.8 Å². The third-order valence-electron chi connectivity index (χ3n) is 9.29. The van der Waals surface area contributed by atoms with Crippen LogP contribution in [0, 0.1) is 29.1 Å². The molecule has 154 valence electrons. The Morgan fingerprint density at radius 1 is 1.00 bits per heavy atom. The lowest BCUT2D eigenvalue weighted by atomic mass is 9.49. The third kappa shape index (κ3) is 2.21. The van der Waals surface area contributed by atoms with Gasteiger partial charge in [-0.15, -0.1) is 0 Å². The van der Waals surface area contributed by atoms with Gasteiger partial charge in [0, 0.05) is 18.3 Å². The number of fused-ring (bicyclic) bond motifs is 6. The summed E-state index contributed by atoms with van der Waals surface area (Å²) in [5.41, 5.74) is 3.18. The fourth-order valence-corrected chi connectivity index (χ4v) is 8.33. The molecule has 0 aromatic carbocycles. The maximum Gasteiger partial charge on any atom is 0.188 e. The fourth-order valence-electron chi connectivity index (χ4n) is 8.33. The Morgan fingerprint density at radius 2 is 1.75 bits per heavy atom. The molecular formula is C24H34O4. The Balaban J connectivity index is 1.34. The van der Waals surface area contributed by atoms with E-state index in [1.54, 1.807) is 5.57 Å². The molecule has 2 spiro atoms. The van der Waals surface area contributed by atoms with E-state index in [2.05, 4.69) is 19.6 Å². The predicted octanol–water partition coefficient (Wildman–Crippen LogP) is 4.60. The lowest BCUT2D eigenvalue weighted by molar-refractivity contribution is -0.242. The summed E-state index contributed by atoms with van der Waals surface area (Å²) in [6.45, 7) is 10.0. The van der Waals surface area contributed by atoms with Crippen LogP contribution in [0.4, 0.5) is 0 Å². The minimum atomic E-state index is -0.412. The average molecular weight is 387 g/mol. The molecular weight excluding hydrogens is 352 g/mol. The standard InChI is InChI=1S/C24H34O4/c1-3-22-14-16(2)21-18-6-8-23(25-10-11-26-23)15-17(18)4-5-19(21)20(22)7-9-24(22)27-12-13-28-24/h15,18-21H,2-14H2,1H3/t18?,19?,20?,21?,22-/m0/s1. The van der Waals surface area contributed by atoms with Crippen LogP contribution in [0.25, 0.3) is 0 Å². The first-order valence-corrected chi connectivity index (χ1v) is 11.6. The summed E-state index contributed by atoms with van der Waals surface area (Å²) in [6.07, 6.45) is 11.5. The van der Waals surface area contributed by atoms with E-state index in [1.807, 2.05) is 0 Å². The van der Waals surface area contributed by atoms with Crippen LogP contribution in [-0.4, -0.2) is 38.0 Å². The van der Waals surface area contributed by atoms with Crippen molar-refractivity contribution in [2.24, 2.45) is 29.1 Å². The Morgan fingerprint density at radius 3 is 2.50 bits per heavy atom. The van der Waals surface area contributed by atoms with Gasteiger partial charge in [0.15, 0.2) is 11.6 Å². The molecule has 0 aromatic rings. The summed E-state index contributed by atoms with van der Waals surface area (Å²) in [5, 5.41) is 0. The van der Waals surface area contributed by atoms with Crippen molar-refractivity contribution in [2.75, 3.05) is 26.4 Å². The molecule has 5 fully saturated rings. The van der Waals surface area contributed by atoms with Gasteiger partial charge in [0.05, 0.1) is 26.4 Å². The molecule has 3 saturated carbocycles. The molecule has 4 unspecified atom stereocenters. The van der Waals surface area contributed by atoms with Gasteiger partial charge in [-0.1, -0.05) is 24.6 Å². The number of hydrogen-bond acceptors (Lipinski definition) is 4. The molecule has 6 aliphatic rings. The highest BCUT2D eigenvalue weighted by Crippen LogP contribution is 2.69. The highest BCUT2D eigenvalue weighted by atomic mass is 16.7. The van der Waals surface area contributed by atoms with Gasteiger partial charge in [-0.05, 0) is 68.3 Å². The second kappa shape index (κ2) is 6.16. The number of allylic oxidation sites excluding steroid dienone is 2. The number of hydrogen-bond donors (Lipinski definition) is 0. The lowest BCUT2D eigenvalue weighted by Crippen LogP contribution is -2.55. The van der Waals surface area contributed by atoms with Crippen LogP contribution in [-0.2, 0) is 18.9 Å². The molecule has 2 saturated heterocycles. The van der Waals surface area contributed by atoms with Crippen LogP contribution in [0.5, 0.6) is 0 Å². The summed E-state index contributed by atoms with van der Waals surface area (Å²) < 4.78 is 24.7. The van der Waals surface area contributed by atoms with Gasteiger partial charge in [-0.25, -0.2) is 0 Å². The van der Waals surface area contributed by atoms with Gasteiger partial charge in [0.25, 0.3) is 0 Å². The topological polar surface area (TPSA) is 36.9 Å². The fraction of sp³-hybridized carbons (Fsp3) is 0.833. The molecule has 4 aliphatic carbocycles. The molecule has 0 amide bonds. The molecule has 0 aromatic heterocycles. The predicted molar refractivity (Wildman–Crippen MR) is 105 cm³/mol. The SMILES string of the molecule is C=C1C[C@@]2(CC)C(CCC23OCCO3)C2CCC3=CC4(CCC3C12)OCCO4. The van der Waals surface area contributed by atoms with Gasteiger partial charge >= 0.3 is 0 Å². The first-order valence-electron chi connectivity index (χ1n) is 11.6. The zero-order chi connectivity index (χ0) is 19.0. The largest absolute Gasteiger partial charge is 0.347 e. The Hall–Kier alpha value is -0.680. The second-order valence-corrected chi connectivity index (χ2v) is 10.0. The van der Waals surface area contributed by atoms with Gasteiger partial charge in [0.1, 0.15) is 0 Å². The normalized spacial score (nSPS) is 45.8. The van der Waals surface area contributed by atoms with Crippen molar-refractivity contribution < 1.29 is 18.9 Å². The Labute approximate surface area is 168 Å². The lowest BCUT2D eigenvalue weighted by Gasteiger charge is -2.57. The van der Waals surface area contributed by atoms with Gasteiger partial charge in [-0.3, -0.25) is 0 Å². The molecule has 0 radical (unpaired) electrons. The van der Waals surface area contributed by atoms with Gasteiger partial charge < -0.3 is 18.9 Å². The molecule has 28 heavy (non-hydrogen) atoms. The summed E-state index contributed by atoms with van der Waals surface area (Å²) >= 11 is 0. The molecule has 6 rings (SSSR count). The minimum Gasteiger partial charge on any atom is -0.347 e. The summed E-state index contributed by atoms with van der Waals surface area (Å²) in [4.78, 5) is 0. The van der Waals surface area contributed by atoms with Crippen molar-refractivity contribution in [3.63, 3.8) is 0 Å². The van der Waals surface area contributed by atoms with E-state index < -0.39 is 5.79 Å². The molecule has 5 atom stereocenters. The van der Waals surface area contributed by atoms with Gasteiger partial charge in [0.2, 0.25) is 0 Å². The van der Waals surface area contributed by atoms with Crippen LogP contribution in [0.15, 0.2) is 23.8 Å². The average Bonchev–Trinajstić information content (AvgIpc) is 3.43. The third-order valence-corrected chi connectivity index (χ3v) is 9.29. The summed E-state index contributed by atoms with van der Waals surface area (Å²) in [6, 6.07) is 0. The van der Waals surface area contributed by atoms with Gasteiger partial charge in [-0.2, -0.15) is 0 Å². The molecule has 2 heterocycles. The van der Waals surface area contributed by atoms with Crippen LogP contribution in [0.3, 0.4) is 0 Å². The van der Waals surface area contributed by atoms with Crippen LogP contribution >= 0.6 is 0 Å². The minimum absolute atomic E-state index is 0.135. The van der Waals surface area contributed by atoms with Crippen molar-refractivity contribution in [1.82, 2.24) is 0 Å². The van der Waals surface area contributed by atoms with E-state index in [0.717, 1.165) is 58.0 Å². The van der Waals surface area contributed by atoms with Crippen molar-refractivity contribution in [1.29, 1.82) is 0 Å². The van der Waals surface area contributed by atoms with Crippen LogP contribution in [0.2, 0.25) is 0 Å². The van der Waals surface area contributed by atoms with E-state index >= 15 is 0 Å². The number of ether oxygens (including phenoxy) is 4. The van der Waals surface area contributed by atoms with Crippen molar-refractivity contribution in [2.45, 2.75) is 69.9 Å². The monoisotopic (exact) mass is 386 g/mol. The zero-order valence-electron chi connectivity index (χ0n) is 17.2. The van der Waals surface area contributed by atoms with E-state index in [4.69, 9.17) is 18.9 Å². The maximum absolute atomic E-state index is 6.36. The van der Waals surface area contributed by atoms with E-state index in [1.165, 1.54) is 31.3 Å². The summed E-state index contributed by atoms with van der Waals surface area (Å²) in [5.74, 6) is 1.96. The van der Waals surface area contributed by atoms with Crippen molar-refractivity contribution in [3.8, 4) is 0 Å². The highest BCUT2D eigenvalue weighted by molar-refractivity contribution is 5.30. The Bertz CT molecular complexity index is 699. The maximum atomic E-state index is 6.36. The van der Waals surface area contributed by atoms with Crippen LogP contribution < -0.4 is 0 Å². The van der Waals surface area contributed by atoms with E-state index in [-0.39, 0.29) is 11.2 Å². The number of rotatable bonds is 1. The molecule has 2 aliphatic heterocycles.